The Balaban J connectivity index is 1.30. The minimum atomic E-state index is -1.70. The summed E-state index contributed by atoms with van der Waals surface area (Å²) in [6, 6.07) is 3.84. The van der Waals surface area contributed by atoms with Gasteiger partial charge in [0.1, 0.15) is 17.5 Å². The van der Waals surface area contributed by atoms with E-state index in [1.807, 2.05) is 12.4 Å². The number of aliphatic hydroxyl groups is 1. The van der Waals surface area contributed by atoms with Crippen LogP contribution in [0.2, 0.25) is 0 Å². The molecule has 0 radical (unpaired) electrons. The van der Waals surface area contributed by atoms with Gasteiger partial charge in [0.25, 0.3) is 0 Å². The van der Waals surface area contributed by atoms with Gasteiger partial charge in [-0.25, -0.2) is 19.3 Å². The number of aliphatic hydroxyl groups excluding tert-OH is 1. The molecule has 6 heterocycles. The van der Waals surface area contributed by atoms with Gasteiger partial charge in [-0.2, -0.15) is 4.98 Å². The monoisotopic (exact) mass is 492 g/mol. The standard InChI is InChI=1S/C26H33FN8O/c1-16(2)18-11-31-23(35-9-6-26(35)13-28-14-26)19-12-30-22(10-17(18)19)32-21-4-7-29-24(33-21)34-8-5-20(36)25(3,27)15-34/h4,7,10-12,16,20,28,36H,5-6,8-9,13-15H2,1-3H3,(H,29,30,32,33)/t20-,25+/m1/s1. The number of nitrogens with zero attached hydrogens (tertiary/aromatic N) is 6. The van der Waals surface area contributed by atoms with Crippen molar-refractivity contribution in [3.05, 3.63) is 36.3 Å². The molecule has 3 aromatic rings. The summed E-state index contributed by atoms with van der Waals surface area (Å²) in [5.41, 5.74) is -0.319. The lowest BCUT2D eigenvalue weighted by Gasteiger charge is -2.59. The molecule has 2 atom stereocenters. The Hall–Kier alpha value is -3.11. The van der Waals surface area contributed by atoms with Crippen LogP contribution in [0.3, 0.4) is 0 Å². The average Bonchev–Trinajstić information content (AvgIpc) is 2.79. The van der Waals surface area contributed by atoms with Crippen LogP contribution in [0.15, 0.2) is 30.7 Å². The highest BCUT2D eigenvalue weighted by Crippen LogP contribution is 2.42. The maximum Gasteiger partial charge on any atom is 0.227 e. The molecule has 0 saturated carbocycles. The molecule has 0 unspecified atom stereocenters. The van der Waals surface area contributed by atoms with Crippen molar-refractivity contribution in [3.8, 4) is 0 Å². The number of piperidine rings is 1. The molecular formula is C26H33FN8O. The van der Waals surface area contributed by atoms with Gasteiger partial charge < -0.3 is 25.5 Å². The molecule has 3 aromatic heterocycles. The summed E-state index contributed by atoms with van der Waals surface area (Å²) in [6.07, 6.45) is 6.12. The lowest BCUT2D eigenvalue weighted by Crippen LogP contribution is -2.76. The average molecular weight is 493 g/mol. The second kappa shape index (κ2) is 8.48. The van der Waals surface area contributed by atoms with Gasteiger partial charge >= 0.3 is 0 Å². The van der Waals surface area contributed by atoms with Gasteiger partial charge in [-0.1, -0.05) is 13.8 Å². The van der Waals surface area contributed by atoms with Crippen molar-refractivity contribution in [2.45, 2.75) is 56.8 Å². The van der Waals surface area contributed by atoms with Crippen molar-refractivity contribution >= 4 is 34.2 Å². The van der Waals surface area contributed by atoms with Crippen LogP contribution in [0.1, 0.15) is 45.1 Å². The Bertz CT molecular complexity index is 1290. The fourth-order valence-corrected chi connectivity index (χ4v) is 5.55. The highest BCUT2D eigenvalue weighted by atomic mass is 19.1. The lowest BCUT2D eigenvalue weighted by molar-refractivity contribution is -0.00860. The van der Waals surface area contributed by atoms with Crippen LogP contribution in [0.4, 0.5) is 27.8 Å². The van der Waals surface area contributed by atoms with Crippen molar-refractivity contribution in [1.82, 2.24) is 25.3 Å². The number of aromatic nitrogens is 4. The Morgan fingerprint density at radius 3 is 2.64 bits per heavy atom. The minimum absolute atomic E-state index is 0.0485. The van der Waals surface area contributed by atoms with Crippen LogP contribution in [-0.4, -0.2) is 75.1 Å². The van der Waals surface area contributed by atoms with Crippen molar-refractivity contribution < 1.29 is 9.50 Å². The molecule has 0 aromatic carbocycles. The van der Waals surface area contributed by atoms with Crippen LogP contribution in [0, 0.1) is 0 Å². The van der Waals surface area contributed by atoms with Crippen molar-refractivity contribution in [1.29, 1.82) is 0 Å². The Morgan fingerprint density at radius 1 is 1.14 bits per heavy atom. The molecular weight excluding hydrogens is 459 g/mol. The number of alkyl halides is 1. The summed E-state index contributed by atoms with van der Waals surface area (Å²) in [5.74, 6) is 3.02. The molecule has 36 heavy (non-hydrogen) atoms. The number of rotatable bonds is 5. The number of fused-ring (bicyclic) bond motifs is 1. The lowest BCUT2D eigenvalue weighted by atomic mass is 9.79. The summed E-state index contributed by atoms with van der Waals surface area (Å²) < 4.78 is 14.7. The molecule has 3 aliphatic heterocycles. The number of nitrogens with one attached hydrogen (secondary N) is 2. The molecule has 0 amide bonds. The fourth-order valence-electron chi connectivity index (χ4n) is 5.55. The quantitative estimate of drug-likeness (QED) is 0.496. The zero-order valence-corrected chi connectivity index (χ0v) is 21.0. The van der Waals surface area contributed by atoms with Gasteiger partial charge in [0, 0.05) is 50.2 Å². The van der Waals surface area contributed by atoms with Crippen LogP contribution in [0.5, 0.6) is 0 Å². The van der Waals surface area contributed by atoms with Gasteiger partial charge in [-0.15, -0.1) is 0 Å². The number of pyridine rings is 2. The first-order chi connectivity index (χ1) is 17.3. The highest BCUT2D eigenvalue weighted by molar-refractivity contribution is 5.96. The third-order valence-electron chi connectivity index (χ3n) is 7.99. The molecule has 190 valence electrons. The van der Waals surface area contributed by atoms with E-state index in [0.717, 1.165) is 36.2 Å². The van der Waals surface area contributed by atoms with Crippen LogP contribution in [-0.2, 0) is 0 Å². The Labute approximate surface area is 210 Å². The first-order valence-corrected chi connectivity index (χ1v) is 12.7. The number of anilines is 4. The third-order valence-corrected chi connectivity index (χ3v) is 7.99. The first-order valence-electron chi connectivity index (χ1n) is 12.7. The van der Waals surface area contributed by atoms with E-state index in [0.29, 0.717) is 36.5 Å². The largest absolute Gasteiger partial charge is 0.390 e. The molecule has 3 fully saturated rings. The van der Waals surface area contributed by atoms with Gasteiger partial charge in [0.2, 0.25) is 5.95 Å². The molecule has 0 bridgehead atoms. The molecule has 6 rings (SSSR count). The molecule has 3 saturated heterocycles. The van der Waals surface area contributed by atoms with Crippen LogP contribution < -0.4 is 20.4 Å². The smallest absolute Gasteiger partial charge is 0.227 e. The second-order valence-corrected chi connectivity index (χ2v) is 10.9. The van der Waals surface area contributed by atoms with E-state index in [9.17, 15) is 9.50 Å². The van der Waals surface area contributed by atoms with E-state index in [2.05, 4.69) is 45.4 Å². The molecule has 1 spiro atoms. The Morgan fingerprint density at radius 2 is 1.97 bits per heavy atom. The minimum Gasteiger partial charge on any atom is -0.390 e. The second-order valence-electron chi connectivity index (χ2n) is 10.9. The topological polar surface area (TPSA) is 102 Å². The predicted molar refractivity (Wildman–Crippen MR) is 139 cm³/mol. The SMILES string of the molecule is CC(C)c1cnc(N2CCC23CNC3)c2cnc(Nc3ccnc(N4CC[C@@H](O)[C@@](C)(F)C4)n3)cc12. The van der Waals surface area contributed by atoms with Gasteiger partial charge in [0.05, 0.1) is 18.2 Å². The van der Waals surface area contributed by atoms with Crippen molar-refractivity contribution in [2.24, 2.45) is 0 Å². The molecule has 3 N–H and O–H groups in total. The summed E-state index contributed by atoms with van der Waals surface area (Å²) in [6.45, 7) is 9.34. The highest BCUT2D eigenvalue weighted by Gasteiger charge is 2.50. The van der Waals surface area contributed by atoms with Crippen molar-refractivity contribution in [3.63, 3.8) is 0 Å². The van der Waals surface area contributed by atoms with Gasteiger partial charge in [-0.05, 0) is 48.8 Å². The first kappa shape index (κ1) is 23.3. The summed E-state index contributed by atoms with van der Waals surface area (Å²) in [4.78, 5) is 22.8. The molecule has 10 heteroatoms. The molecule has 0 aliphatic carbocycles. The van der Waals surface area contributed by atoms with Crippen LogP contribution >= 0.6 is 0 Å². The Kier molecular flexibility index (Phi) is 5.49. The van der Waals surface area contributed by atoms with E-state index in [1.165, 1.54) is 18.9 Å². The summed E-state index contributed by atoms with van der Waals surface area (Å²) in [5, 5.41) is 18.9. The number of hydrogen-bond acceptors (Lipinski definition) is 9. The predicted octanol–water partition coefficient (Wildman–Crippen LogP) is 3.14. The van der Waals surface area contributed by atoms with Crippen molar-refractivity contribution in [2.75, 3.05) is 47.8 Å². The number of hydrogen-bond donors (Lipinski definition) is 3. The summed E-state index contributed by atoms with van der Waals surface area (Å²) >= 11 is 0. The van der Waals surface area contributed by atoms with Crippen LogP contribution in [0.25, 0.3) is 10.8 Å². The molecule has 9 nitrogen and oxygen atoms in total. The van der Waals surface area contributed by atoms with E-state index < -0.39 is 11.8 Å². The van der Waals surface area contributed by atoms with E-state index >= 15 is 0 Å². The zero-order valence-electron chi connectivity index (χ0n) is 21.0. The number of halogens is 1. The van der Waals surface area contributed by atoms with Gasteiger partial charge in [0.15, 0.2) is 5.67 Å². The normalized spacial score (nSPS) is 25.2. The van der Waals surface area contributed by atoms with E-state index in [4.69, 9.17) is 9.97 Å². The van der Waals surface area contributed by atoms with Gasteiger partial charge in [-0.3, -0.25) is 0 Å². The molecule has 3 aliphatic rings. The third kappa shape index (κ3) is 3.83. The fraction of sp³-hybridized carbons (Fsp3) is 0.538. The zero-order chi connectivity index (χ0) is 25.1. The van der Waals surface area contributed by atoms with E-state index in [1.54, 1.807) is 17.2 Å². The van der Waals surface area contributed by atoms with E-state index in [-0.39, 0.29) is 12.1 Å². The maximum absolute atomic E-state index is 14.7. The maximum atomic E-state index is 14.7. The summed E-state index contributed by atoms with van der Waals surface area (Å²) in [7, 11) is 0.